The number of nitrogens with zero attached hydrogens (tertiary/aromatic N) is 2. The summed E-state index contributed by atoms with van der Waals surface area (Å²) in [4.78, 5) is 4.47. The molecule has 0 amide bonds. The molecule has 1 N–H and O–H groups in total. The molecule has 18 heavy (non-hydrogen) atoms. The first-order chi connectivity index (χ1) is 8.63. The predicted molar refractivity (Wildman–Crippen MR) is 73.7 cm³/mol. The van der Waals surface area contributed by atoms with Crippen molar-refractivity contribution in [1.82, 2.24) is 9.55 Å². The van der Waals surface area contributed by atoms with E-state index in [2.05, 4.69) is 16.5 Å². The molecule has 0 unspecified atom stereocenters. The number of unbranched alkanes of at least 4 members (excludes halogenated alkanes) is 1. The number of phenolic OH excluding ortho intramolecular Hbond substituents is 1. The molecule has 0 saturated heterocycles. The van der Waals surface area contributed by atoms with Crippen LogP contribution in [0.4, 0.5) is 0 Å². The molecule has 3 nitrogen and oxygen atoms in total. The Morgan fingerprint density at radius 3 is 2.50 bits per heavy atom. The Labute approximate surface area is 108 Å². The molecule has 0 aliphatic heterocycles. The van der Waals surface area contributed by atoms with Crippen molar-refractivity contribution >= 4 is 0 Å². The third-order valence-electron chi connectivity index (χ3n) is 3.21. The maximum atomic E-state index is 9.60. The van der Waals surface area contributed by atoms with Crippen molar-refractivity contribution in [3.8, 4) is 17.1 Å². The summed E-state index contributed by atoms with van der Waals surface area (Å²) in [5, 5.41) is 9.60. The van der Waals surface area contributed by atoms with E-state index in [0.29, 0.717) is 5.75 Å². The van der Waals surface area contributed by atoms with Crippen molar-refractivity contribution in [2.24, 2.45) is 0 Å². The third kappa shape index (κ3) is 2.40. The van der Waals surface area contributed by atoms with Crippen LogP contribution in [0.15, 0.2) is 24.5 Å². The fourth-order valence-electron chi connectivity index (χ4n) is 2.34. The molecule has 1 aromatic carbocycles. The molecule has 2 rings (SSSR count). The summed E-state index contributed by atoms with van der Waals surface area (Å²) in [5.74, 6) is 1.32. The van der Waals surface area contributed by atoms with E-state index in [1.165, 1.54) is 6.42 Å². The zero-order chi connectivity index (χ0) is 13.1. The Bertz CT molecular complexity index is 520. The van der Waals surface area contributed by atoms with Gasteiger partial charge in [0.1, 0.15) is 11.6 Å². The number of aryl methyl sites for hydroxylation is 3. The Hall–Kier alpha value is -1.77. The molecule has 0 spiro atoms. The topological polar surface area (TPSA) is 38.0 Å². The average Bonchev–Trinajstić information content (AvgIpc) is 2.73. The molecule has 2 aromatic rings. The number of hydrogen-bond donors (Lipinski definition) is 1. The van der Waals surface area contributed by atoms with Gasteiger partial charge in [-0.3, -0.25) is 0 Å². The van der Waals surface area contributed by atoms with Gasteiger partial charge in [0.05, 0.1) is 0 Å². The molecule has 0 fully saturated rings. The number of benzene rings is 1. The first kappa shape index (κ1) is 12.7. The van der Waals surface area contributed by atoms with Crippen molar-refractivity contribution < 1.29 is 5.11 Å². The van der Waals surface area contributed by atoms with Gasteiger partial charge in [-0.15, -0.1) is 0 Å². The number of aromatic nitrogens is 2. The van der Waals surface area contributed by atoms with E-state index in [1.54, 1.807) is 12.1 Å². The zero-order valence-corrected chi connectivity index (χ0v) is 11.3. The third-order valence-corrected chi connectivity index (χ3v) is 3.21. The summed E-state index contributed by atoms with van der Waals surface area (Å²) in [5.41, 5.74) is 3.27. The van der Waals surface area contributed by atoms with E-state index in [0.717, 1.165) is 35.5 Å². The van der Waals surface area contributed by atoms with Gasteiger partial charge in [0.2, 0.25) is 0 Å². The molecule has 0 aliphatic carbocycles. The van der Waals surface area contributed by atoms with Gasteiger partial charge in [-0.25, -0.2) is 4.98 Å². The van der Waals surface area contributed by atoms with Crippen LogP contribution < -0.4 is 0 Å². The lowest BCUT2D eigenvalue weighted by Gasteiger charge is -2.12. The van der Waals surface area contributed by atoms with Crippen molar-refractivity contribution in [2.45, 2.75) is 40.2 Å². The normalized spacial score (nSPS) is 10.8. The maximum Gasteiger partial charge on any atom is 0.140 e. The van der Waals surface area contributed by atoms with Crippen LogP contribution in [0, 0.1) is 13.8 Å². The number of phenols is 1. The van der Waals surface area contributed by atoms with Crippen LogP contribution in [0.25, 0.3) is 11.4 Å². The fourth-order valence-corrected chi connectivity index (χ4v) is 2.34. The van der Waals surface area contributed by atoms with Gasteiger partial charge in [0.25, 0.3) is 0 Å². The molecule has 0 aliphatic rings. The Kier molecular flexibility index (Phi) is 3.70. The molecule has 3 heteroatoms. The highest BCUT2D eigenvalue weighted by atomic mass is 16.3. The lowest BCUT2D eigenvalue weighted by molar-refractivity contribution is 0.474. The highest BCUT2D eigenvalue weighted by molar-refractivity contribution is 5.66. The Morgan fingerprint density at radius 1 is 1.22 bits per heavy atom. The van der Waals surface area contributed by atoms with E-state index in [9.17, 15) is 5.11 Å². The quantitative estimate of drug-likeness (QED) is 0.891. The zero-order valence-electron chi connectivity index (χ0n) is 11.3. The number of aromatic hydroxyl groups is 1. The fraction of sp³-hybridized carbons (Fsp3) is 0.400. The van der Waals surface area contributed by atoms with E-state index in [1.807, 2.05) is 26.2 Å². The molecule has 96 valence electrons. The van der Waals surface area contributed by atoms with Crippen molar-refractivity contribution in [2.75, 3.05) is 0 Å². The van der Waals surface area contributed by atoms with Crippen LogP contribution in [0.5, 0.6) is 5.75 Å². The predicted octanol–water partition coefficient (Wildman–Crippen LogP) is 3.67. The second-order valence-corrected chi connectivity index (χ2v) is 4.75. The summed E-state index contributed by atoms with van der Waals surface area (Å²) in [7, 11) is 0. The standard InChI is InChI=1S/C15H20N2O/c1-4-5-7-17-8-6-16-15(17)14-11(2)9-13(18)10-12(14)3/h6,8-10,18H,4-5,7H2,1-3H3. The summed E-state index contributed by atoms with van der Waals surface area (Å²) in [6, 6.07) is 3.59. The monoisotopic (exact) mass is 244 g/mol. The number of rotatable bonds is 4. The molecule has 0 saturated carbocycles. The van der Waals surface area contributed by atoms with Crippen LogP contribution in [0.1, 0.15) is 30.9 Å². The van der Waals surface area contributed by atoms with Crippen molar-refractivity contribution in [3.63, 3.8) is 0 Å². The summed E-state index contributed by atoms with van der Waals surface area (Å²) < 4.78 is 2.19. The van der Waals surface area contributed by atoms with Gasteiger partial charge >= 0.3 is 0 Å². The molecular weight excluding hydrogens is 224 g/mol. The molecule has 0 bridgehead atoms. The highest BCUT2D eigenvalue weighted by Crippen LogP contribution is 2.29. The minimum absolute atomic E-state index is 0.320. The van der Waals surface area contributed by atoms with Gasteiger partial charge in [-0.1, -0.05) is 13.3 Å². The largest absolute Gasteiger partial charge is 0.508 e. The van der Waals surface area contributed by atoms with Crippen LogP contribution in [0.2, 0.25) is 0 Å². The van der Waals surface area contributed by atoms with Gasteiger partial charge in [0, 0.05) is 24.5 Å². The van der Waals surface area contributed by atoms with E-state index >= 15 is 0 Å². The lowest BCUT2D eigenvalue weighted by Crippen LogP contribution is -2.01. The molecule has 0 atom stereocenters. The number of hydrogen-bond acceptors (Lipinski definition) is 2. The molecular formula is C15H20N2O. The summed E-state index contributed by atoms with van der Waals surface area (Å²) >= 11 is 0. The SMILES string of the molecule is CCCCn1ccnc1-c1c(C)cc(O)cc1C. The first-order valence-corrected chi connectivity index (χ1v) is 6.45. The smallest absolute Gasteiger partial charge is 0.140 e. The van der Waals surface area contributed by atoms with Crippen molar-refractivity contribution in [1.29, 1.82) is 0 Å². The highest BCUT2D eigenvalue weighted by Gasteiger charge is 2.12. The molecule has 0 radical (unpaired) electrons. The molecule has 1 aromatic heterocycles. The van der Waals surface area contributed by atoms with E-state index in [-0.39, 0.29) is 0 Å². The minimum atomic E-state index is 0.320. The van der Waals surface area contributed by atoms with Crippen molar-refractivity contribution in [3.05, 3.63) is 35.7 Å². The minimum Gasteiger partial charge on any atom is -0.508 e. The van der Waals surface area contributed by atoms with Gasteiger partial charge in [-0.05, 0) is 43.5 Å². The van der Waals surface area contributed by atoms with Gasteiger partial charge in [-0.2, -0.15) is 0 Å². The first-order valence-electron chi connectivity index (χ1n) is 6.45. The second kappa shape index (κ2) is 5.25. The van der Waals surface area contributed by atoms with E-state index < -0.39 is 0 Å². The maximum absolute atomic E-state index is 9.60. The summed E-state index contributed by atoms with van der Waals surface area (Å²) in [6.07, 6.45) is 6.19. The Balaban J connectivity index is 2.46. The number of imidazole rings is 1. The average molecular weight is 244 g/mol. The second-order valence-electron chi connectivity index (χ2n) is 4.75. The van der Waals surface area contributed by atoms with Gasteiger partial charge < -0.3 is 9.67 Å². The lowest BCUT2D eigenvalue weighted by atomic mass is 10.0. The van der Waals surface area contributed by atoms with E-state index in [4.69, 9.17) is 0 Å². The Morgan fingerprint density at radius 2 is 1.89 bits per heavy atom. The van der Waals surface area contributed by atoms with Crippen LogP contribution in [0.3, 0.4) is 0 Å². The van der Waals surface area contributed by atoms with Crippen LogP contribution >= 0.6 is 0 Å². The van der Waals surface area contributed by atoms with Crippen LogP contribution in [-0.4, -0.2) is 14.7 Å². The van der Waals surface area contributed by atoms with Crippen LogP contribution in [-0.2, 0) is 6.54 Å². The summed E-state index contributed by atoms with van der Waals surface area (Å²) in [6.45, 7) is 7.21. The van der Waals surface area contributed by atoms with Gasteiger partial charge in [0.15, 0.2) is 0 Å². The molecule has 1 heterocycles.